The first-order valence-corrected chi connectivity index (χ1v) is 12.4. The van der Waals surface area contributed by atoms with Crippen LogP contribution >= 0.6 is 23.5 Å². The molecule has 1 saturated heterocycles. The van der Waals surface area contributed by atoms with Crippen molar-refractivity contribution in [3.05, 3.63) is 77.5 Å². The average molecular weight is 469 g/mol. The number of Topliss-reactive ketones (excluding diaryl/α,β-unsaturated/α-hetero) is 1. The van der Waals surface area contributed by atoms with Crippen LogP contribution in [0.2, 0.25) is 0 Å². The summed E-state index contributed by atoms with van der Waals surface area (Å²) in [5.41, 5.74) is 7.86. The highest BCUT2D eigenvalue weighted by Crippen LogP contribution is 2.46. The molecule has 4 rings (SSSR count). The van der Waals surface area contributed by atoms with Crippen molar-refractivity contribution < 1.29 is 19.5 Å². The second-order valence-electron chi connectivity index (χ2n) is 7.84. The molecule has 2 aromatic rings. The van der Waals surface area contributed by atoms with E-state index < -0.39 is 17.9 Å². The molecule has 2 aliphatic heterocycles. The number of carboxylic acids is 1. The van der Waals surface area contributed by atoms with Crippen LogP contribution < -0.4 is 5.73 Å². The number of carbonyl (C=O) groups excluding carboxylic acids is 2. The minimum Gasteiger partial charge on any atom is -0.477 e. The number of hydrogen-bond donors (Lipinski definition) is 2. The SMILES string of the molecule is N[C@@H](Cc1ccccc1)C(=O)C[C@@H]1C(=O)N2C(C(=O)O)=C(CSc3ccccc3)CSC12. The predicted molar refractivity (Wildman–Crippen MR) is 126 cm³/mol. The first-order valence-electron chi connectivity index (χ1n) is 10.4. The summed E-state index contributed by atoms with van der Waals surface area (Å²) in [5, 5.41) is 9.48. The van der Waals surface area contributed by atoms with Crippen LogP contribution in [0.25, 0.3) is 0 Å². The third-order valence-electron chi connectivity index (χ3n) is 5.65. The minimum atomic E-state index is -1.10. The number of carboxylic acid groups (broad SMARTS) is 1. The van der Waals surface area contributed by atoms with Crippen molar-refractivity contribution in [3.8, 4) is 0 Å². The van der Waals surface area contributed by atoms with Gasteiger partial charge in [-0.25, -0.2) is 4.79 Å². The van der Waals surface area contributed by atoms with Gasteiger partial charge in [0.1, 0.15) is 5.70 Å². The van der Waals surface area contributed by atoms with Crippen LogP contribution in [-0.2, 0) is 20.8 Å². The Morgan fingerprint density at radius 1 is 1.12 bits per heavy atom. The lowest BCUT2D eigenvalue weighted by atomic mass is 9.88. The van der Waals surface area contributed by atoms with Gasteiger partial charge in [-0.05, 0) is 29.7 Å². The van der Waals surface area contributed by atoms with Crippen LogP contribution in [0.4, 0.5) is 0 Å². The fraction of sp³-hybridized carbons (Fsp3) is 0.292. The molecule has 1 unspecified atom stereocenters. The zero-order valence-corrected chi connectivity index (χ0v) is 19.0. The highest BCUT2D eigenvalue weighted by atomic mass is 32.2. The Morgan fingerprint density at radius 3 is 2.44 bits per heavy atom. The van der Waals surface area contributed by atoms with Crippen molar-refractivity contribution >= 4 is 41.2 Å². The van der Waals surface area contributed by atoms with Crippen molar-refractivity contribution in [3.63, 3.8) is 0 Å². The monoisotopic (exact) mass is 468 g/mol. The van der Waals surface area contributed by atoms with E-state index in [1.54, 1.807) is 11.8 Å². The van der Waals surface area contributed by atoms with Gasteiger partial charge in [0.15, 0.2) is 5.78 Å². The number of carbonyl (C=O) groups is 3. The van der Waals surface area contributed by atoms with Gasteiger partial charge >= 0.3 is 5.97 Å². The van der Waals surface area contributed by atoms with Crippen LogP contribution in [0.15, 0.2) is 76.8 Å². The quantitative estimate of drug-likeness (QED) is 0.431. The highest BCUT2D eigenvalue weighted by Gasteiger charge is 2.53. The summed E-state index contributed by atoms with van der Waals surface area (Å²) in [5.74, 6) is -1.07. The Labute approximate surface area is 195 Å². The van der Waals surface area contributed by atoms with Gasteiger partial charge in [-0.15, -0.1) is 23.5 Å². The van der Waals surface area contributed by atoms with Gasteiger partial charge in [-0.1, -0.05) is 48.5 Å². The number of β-lactam (4-membered cyclic amide) rings is 1. The van der Waals surface area contributed by atoms with Gasteiger partial charge in [0.25, 0.3) is 0 Å². The van der Waals surface area contributed by atoms with Gasteiger partial charge < -0.3 is 10.8 Å². The molecule has 0 spiro atoms. The lowest BCUT2D eigenvalue weighted by molar-refractivity contribution is -0.154. The number of ketones is 1. The van der Waals surface area contributed by atoms with Crippen LogP contribution in [0, 0.1) is 5.92 Å². The molecule has 2 heterocycles. The van der Waals surface area contributed by atoms with E-state index in [-0.39, 0.29) is 29.2 Å². The van der Waals surface area contributed by atoms with Gasteiger partial charge in [0.2, 0.25) is 5.91 Å². The van der Waals surface area contributed by atoms with Gasteiger partial charge in [0.05, 0.1) is 17.3 Å². The Balaban J connectivity index is 1.41. The second-order valence-corrected chi connectivity index (χ2v) is 10.00. The lowest BCUT2D eigenvalue weighted by Gasteiger charge is -2.49. The number of nitrogens with two attached hydrogens (primary N) is 1. The van der Waals surface area contributed by atoms with E-state index in [0.717, 1.165) is 16.0 Å². The minimum absolute atomic E-state index is 0.0436. The Kier molecular flexibility index (Phi) is 7.03. The number of benzene rings is 2. The van der Waals surface area contributed by atoms with E-state index in [9.17, 15) is 19.5 Å². The van der Waals surface area contributed by atoms with Crippen LogP contribution in [0.3, 0.4) is 0 Å². The molecule has 1 fully saturated rings. The molecule has 0 saturated carbocycles. The molecule has 166 valence electrons. The Hall–Kier alpha value is -2.55. The number of thioether (sulfide) groups is 2. The normalized spacial score (nSPS) is 21.0. The zero-order chi connectivity index (χ0) is 22.7. The average Bonchev–Trinajstić information content (AvgIpc) is 2.81. The van der Waals surface area contributed by atoms with E-state index in [4.69, 9.17) is 5.73 Å². The van der Waals surface area contributed by atoms with E-state index in [2.05, 4.69) is 0 Å². The number of hydrogen-bond acceptors (Lipinski definition) is 6. The highest BCUT2D eigenvalue weighted by molar-refractivity contribution is 8.01. The van der Waals surface area contributed by atoms with E-state index in [1.807, 2.05) is 60.7 Å². The molecule has 3 atom stereocenters. The summed E-state index contributed by atoms with van der Waals surface area (Å²) in [6.07, 6.45) is 0.464. The molecule has 0 radical (unpaired) electrons. The topological polar surface area (TPSA) is 101 Å². The van der Waals surface area contributed by atoms with Crippen molar-refractivity contribution in [1.29, 1.82) is 0 Å². The molecule has 8 heteroatoms. The molecule has 0 bridgehead atoms. The van der Waals surface area contributed by atoms with Gasteiger partial charge in [-0.2, -0.15) is 0 Å². The fourth-order valence-corrected chi connectivity index (χ4v) is 6.44. The van der Waals surface area contributed by atoms with Crippen LogP contribution in [0.5, 0.6) is 0 Å². The fourth-order valence-electron chi connectivity index (χ4n) is 3.97. The molecule has 6 nitrogen and oxygen atoms in total. The maximum absolute atomic E-state index is 12.9. The molecule has 2 aromatic carbocycles. The summed E-state index contributed by atoms with van der Waals surface area (Å²) in [6, 6.07) is 18.6. The number of rotatable bonds is 9. The smallest absolute Gasteiger partial charge is 0.352 e. The Morgan fingerprint density at radius 2 is 1.78 bits per heavy atom. The maximum Gasteiger partial charge on any atom is 0.352 e. The van der Waals surface area contributed by atoms with Crippen LogP contribution in [0.1, 0.15) is 12.0 Å². The standard InChI is InChI=1S/C24H24N2O4S2/c25-19(11-15-7-3-1-4-8-15)20(27)12-18-22(28)26-21(24(29)30)16(14-32-23(18)26)13-31-17-9-5-2-6-10-17/h1-10,18-19,23H,11-14,25H2,(H,29,30)/t18-,19+,23?/m1/s1. The molecule has 2 aliphatic rings. The summed E-state index contributed by atoms with van der Waals surface area (Å²) in [7, 11) is 0. The first-order chi connectivity index (χ1) is 15.5. The van der Waals surface area contributed by atoms with Crippen molar-refractivity contribution in [1.82, 2.24) is 4.90 Å². The number of aliphatic carboxylic acids is 1. The van der Waals surface area contributed by atoms with E-state index >= 15 is 0 Å². The lowest BCUT2D eigenvalue weighted by Crippen LogP contribution is -2.62. The number of amides is 1. The summed E-state index contributed by atoms with van der Waals surface area (Å²) in [4.78, 5) is 39.9. The zero-order valence-electron chi connectivity index (χ0n) is 17.3. The molecule has 0 aliphatic carbocycles. The van der Waals surface area contributed by atoms with Crippen molar-refractivity contribution in [2.24, 2.45) is 11.7 Å². The second kappa shape index (κ2) is 9.94. The van der Waals surface area contributed by atoms with Gasteiger partial charge in [-0.3, -0.25) is 14.5 Å². The van der Waals surface area contributed by atoms with Crippen LogP contribution in [-0.4, -0.2) is 50.6 Å². The summed E-state index contributed by atoms with van der Waals surface area (Å²) < 4.78 is 0. The van der Waals surface area contributed by atoms with Crippen molar-refractivity contribution in [2.45, 2.75) is 29.2 Å². The van der Waals surface area contributed by atoms with Gasteiger partial charge in [0, 0.05) is 22.8 Å². The summed E-state index contributed by atoms with van der Waals surface area (Å²) >= 11 is 3.07. The maximum atomic E-state index is 12.9. The molecule has 3 N–H and O–H groups in total. The van der Waals surface area contributed by atoms with E-state index in [1.165, 1.54) is 16.7 Å². The summed E-state index contributed by atoms with van der Waals surface area (Å²) in [6.45, 7) is 0. The molecule has 0 aromatic heterocycles. The molecular weight excluding hydrogens is 444 g/mol. The third kappa shape index (κ3) is 4.77. The molecular formula is C24H24N2O4S2. The largest absolute Gasteiger partial charge is 0.477 e. The molecule has 32 heavy (non-hydrogen) atoms. The van der Waals surface area contributed by atoms with E-state index in [0.29, 0.717) is 17.9 Å². The number of nitrogens with zero attached hydrogens (tertiary/aromatic N) is 1. The third-order valence-corrected chi connectivity index (χ3v) is 8.14. The number of fused-ring (bicyclic) bond motifs is 1. The first kappa shape index (κ1) is 22.6. The Bertz CT molecular complexity index is 1040. The molecule has 1 amide bonds. The predicted octanol–water partition coefficient (Wildman–Crippen LogP) is 3.18. The van der Waals surface area contributed by atoms with Crippen molar-refractivity contribution in [2.75, 3.05) is 11.5 Å².